The molecule has 0 unspecified atom stereocenters. The summed E-state index contributed by atoms with van der Waals surface area (Å²) < 4.78 is 0. The lowest BCUT2D eigenvalue weighted by atomic mass is 9.45. The van der Waals surface area contributed by atoms with Crippen molar-refractivity contribution in [1.82, 2.24) is 0 Å². The number of nitro groups is 1. The van der Waals surface area contributed by atoms with Crippen molar-refractivity contribution in [2.45, 2.75) is 111 Å². The van der Waals surface area contributed by atoms with E-state index in [-0.39, 0.29) is 10.3 Å². The van der Waals surface area contributed by atoms with E-state index in [1.165, 1.54) is 63.4 Å². The van der Waals surface area contributed by atoms with E-state index in [0.717, 1.165) is 30.6 Å². The van der Waals surface area contributed by atoms with E-state index in [9.17, 15) is 10.1 Å². The zero-order chi connectivity index (χ0) is 21.7. The molecule has 0 aromatic carbocycles. The molecule has 0 radical (unpaired) electrons. The minimum absolute atomic E-state index is 0.0680. The smallest absolute Gasteiger partial charge is 0.234 e. The molecular weight excluding hydrogens is 370 g/mol. The maximum absolute atomic E-state index is 12.1. The first-order chi connectivity index (χ1) is 14.2. The molecule has 4 aliphatic carbocycles. The summed E-state index contributed by atoms with van der Waals surface area (Å²) in [5.74, 6) is 4.36. The number of nitrogens with zero attached hydrogens (tertiary/aromatic N) is 1. The van der Waals surface area contributed by atoms with Crippen molar-refractivity contribution < 1.29 is 4.92 Å². The van der Waals surface area contributed by atoms with Gasteiger partial charge in [-0.3, -0.25) is 10.1 Å². The van der Waals surface area contributed by atoms with E-state index >= 15 is 0 Å². The molecule has 0 saturated heterocycles. The molecule has 0 bridgehead atoms. The van der Waals surface area contributed by atoms with Gasteiger partial charge in [-0.15, -0.1) is 0 Å². The molecule has 170 valence electrons. The van der Waals surface area contributed by atoms with Crippen LogP contribution in [0.3, 0.4) is 0 Å². The third kappa shape index (κ3) is 3.56. The fraction of sp³-hybridized carbons (Fsp3) is 0.926. The first-order valence-electron chi connectivity index (χ1n) is 13.0. The average molecular weight is 416 g/mol. The lowest BCUT2D eigenvalue weighted by Crippen LogP contribution is -2.55. The Morgan fingerprint density at radius 2 is 1.87 bits per heavy atom. The van der Waals surface area contributed by atoms with Crippen molar-refractivity contribution in [3.05, 3.63) is 21.8 Å². The zero-order valence-electron chi connectivity index (χ0n) is 20.2. The van der Waals surface area contributed by atoms with Gasteiger partial charge in [-0.25, -0.2) is 0 Å². The summed E-state index contributed by atoms with van der Waals surface area (Å²) >= 11 is 0. The van der Waals surface area contributed by atoms with Crippen LogP contribution < -0.4 is 0 Å². The summed E-state index contributed by atoms with van der Waals surface area (Å²) in [4.78, 5) is 12.2. The summed E-state index contributed by atoms with van der Waals surface area (Å²) in [6, 6.07) is -0.415. The molecule has 0 aromatic heterocycles. The van der Waals surface area contributed by atoms with Gasteiger partial charge < -0.3 is 0 Å². The molecule has 8 atom stereocenters. The standard InChI is InChI=1S/C27H45NO2/c1-18(2)9-8-10-19(3)21-12-13-22-20-17-25(28(29)30)24-11-6-7-15-26(24,4)23(20)14-16-27(21,22)5/h11,18-23,25H,6-10,12-17H2,1-5H3/t19-,20+,21-,22+,23+,25-,26+,27+/m0/s1. The minimum atomic E-state index is -0.415. The number of rotatable bonds is 6. The van der Waals surface area contributed by atoms with Crippen LogP contribution in [0.2, 0.25) is 0 Å². The second-order valence-electron chi connectivity index (χ2n) is 12.4. The summed E-state index contributed by atoms with van der Waals surface area (Å²) in [6.45, 7) is 12.2. The minimum Gasteiger partial charge on any atom is -0.264 e. The van der Waals surface area contributed by atoms with Crippen molar-refractivity contribution in [3.8, 4) is 0 Å². The van der Waals surface area contributed by atoms with E-state index in [4.69, 9.17) is 0 Å². The van der Waals surface area contributed by atoms with Crippen molar-refractivity contribution in [3.63, 3.8) is 0 Å². The van der Waals surface area contributed by atoms with Gasteiger partial charge in [0, 0.05) is 16.9 Å². The van der Waals surface area contributed by atoms with E-state index in [2.05, 4.69) is 40.7 Å². The van der Waals surface area contributed by atoms with Crippen molar-refractivity contribution in [2.24, 2.45) is 46.3 Å². The van der Waals surface area contributed by atoms with Gasteiger partial charge in [-0.05, 0) is 91.3 Å². The third-order valence-electron chi connectivity index (χ3n) is 10.5. The van der Waals surface area contributed by atoms with Gasteiger partial charge in [0.2, 0.25) is 6.04 Å². The van der Waals surface area contributed by atoms with Crippen molar-refractivity contribution in [2.75, 3.05) is 0 Å². The van der Waals surface area contributed by atoms with Gasteiger partial charge in [0.05, 0.1) is 0 Å². The molecule has 0 aliphatic heterocycles. The molecule has 3 fully saturated rings. The summed E-state index contributed by atoms with van der Waals surface area (Å²) in [5, 5.41) is 12.1. The normalized spacial score (nSPS) is 44.1. The molecule has 0 N–H and O–H groups in total. The Morgan fingerprint density at radius 1 is 1.10 bits per heavy atom. The Morgan fingerprint density at radius 3 is 2.57 bits per heavy atom. The van der Waals surface area contributed by atoms with Crippen LogP contribution >= 0.6 is 0 Å². The lowest BCUT2D eigenvalue weighted by molar-refractivity contribution is -0.521. The summed E-state index contributed by atoms with van der Waals surface area (Å²) in [6.07, 6.45) is 15.9. The van der Waals surface area contributed by atoms with Crippen LogP contribution in [0.5, 0.6) is 0 Å². The van der Waals surface area contributed by atoms with E-state index in [1.54, 1.807) is 0 Å². The fourth-order valence-electron chi connectivity index (χ4n) is 9.04. The number of fused-ring (bicyclic) bond motifs is 5. The number of hydrogen-bond donors (Lipinski definition) is 0. The maximum atomic E-state index is 12.1. The number of hydrogen-bond acceptors (Lipinski definition) is 2. The molecule has 0 amide bonds. The topological polar surface area (TPSA) is 43.1 Å². The monoisotopic (exact) mass is 415 g/mol. The quantitative estimate of drug-likeness (QED) is 0.254. The Hall–Kier alpha value is -0.860. The van der Waals surface area contributed by atoms with Crippen LogP contribution in [0.25, 0.3) is 0 Å². The molecule has 3 heteroatoms. The van der Waals surface area contributed by atoms with Gasteiger partial charge >= 0.3 is 0 Å². The predicted molar refractivity (Wildman–Crippen MR) is 124 cm³/mol. The molecule has 4 aliphatic rings. The van der Waals surface area contributed by atoms with Crippen molar-refractivity contribution >= 4 is 0 Å². The van der Waals surface area contributed by atoms with Gasteiger partial charge in [-0.1, -0.05) is 60.0 Å². The fourth-order valence-corrected chi connectivity index (χ4v) is 9.04. The molecule has 3 nitrogen and oxygen atoms in total. The van der Waals surface area contributed by atoms with Crippen LogP contribution in [0.4, 0.5) is 0 Å². The highest BCUT2D eigenvalue weighted by Crippen LogP contribution is 2.68. The number of allylic oxidation sites excluding steroid dienone is 1. The van der Waals surface area contributed by atoms with E-state index < -0.39 is 6.04 Å². The molecule has 3 saturated carbocycles. The molecule has 0 aromatic rings. The lowest BCUT2D eigenvalue weighted by Gasteiger charge is -2.58. The highest BCUT2D eigenvalue weighted by molar-refractivity contribution is 5.27. The van der Waals surface area contributed by atoms with Gasteiger partial charge in [0.1, 0.15) is 0 Å². The predicted octanol–water partition coefficient (Wildman–Crippen LogP) is 7.67. The van der Waals surface area contributed by atoms with Gasteiger partial charge in [0.15, 0.2) is 0 Å². The second-order valence-corrected chi connectivity index (χ2v) is 12.4. The van der Waals surface area contributed by atoms with Crippen LogP contribution in [0, 0.1) is 56.5 Å². The zero-order valence-corrected chi connectivity index (χ0v) is 20.2. The summed E-state index contributed by atoms with van der Waals surface area (Å²) in [5.41, 5.74) is 1.70. The Labute approximate surface area is 184 Å². The van der Waals surface area contributed by atoms with Crippen LogP contribution in [-0.2, 0) is 0 Å². The average Bonchev–Trinajstić information content (AvgIpc) is 3.03. The van der Waals surface area contributed by atoms with Gasteiger partial charge in [0.25, 0.3) is 0 Å². The molecule has 0 spiro atoms. The van der Waals surface area contributed by atoms with E-state index in [0.29, 0.717) is 23.2 Å². The van der Waals surface area contributed by atoms with Gasteiger partial charge in [-0.2, -0.15) is 0 Å². The Bertz CT molecular complexity index is 684. The maximum Gasteiger partial charge on any atom is 0.234 e. The summed E-state index contributed by atoms with van der Waals surface area (Å²) in [7, 11) is 0. The SMILES string of the molecule is CC(C)CCC[C@H](C)[C@@H]1CC[C@@H]2[C@H]3C[C@H]([N+](=O)[O-])C4=CCCC[C@]4(C)[C@@H]3CC[C@@]21C. The second kappa shape index (κ2) is 8.24. The highest BCUT2D eigenvalue weighted by atomic mass is 16.6. The highest BCUT2D eigenvalue weighted by Gasteiger charge is 2.62. The van der Waals surface area contributed by atoms with Crippen LogP contribution in [0.15, 0.2) is 11.6 Å². The first-order valence-corrected chi connectivity index (χ1v) is 13.0. The molecule has 4 rings (SSSR count). The molecule has 0 heterocycles. The van der Waals surface area contributed by atoms with Crippen LogP contribution in [-0.4, -0.2) is 11.0 Å². The largest absolute Gasteiger partial charge is 0.264 e. The third-order valence-corrected chi connectivity index (χ3v) is 10.5. The Balaban J connectivity index is 1.56. The molecular formula is C27H45NO2. The molecule has 30 heavy (non-hydrogen) atoms. The first kappa shape index (κ1) is 22.3. The van der Waals surface area contributed by atoms with Crippen molar-refractivity contribution in [1.29, 1.82) is 0 Å². The van der Waals surface area contributed by atoms with E-state index in [1.807, 2.05) is 0 Å². The van der Waals surface area contributed by atoms with Crippen LogP contribution in [0.1, 0.15) is 105 Å². The Kier molecular flexibility index (Phi) is 6.14.